The predicted octanol–water partition coefficient (Wildman–Crippen LogP) is 1.49. The minimum Gasteiger partial charge on any atom is -0.364 e. The molecule has 0 spiro atoms. The van der Waals surface area contributed by atoms with Crippen molar-refractivity contribution in [2.24, 2.45) is 5.73 Å². The third-order valence-electron chi connectivity index (χ3n) is 2.87. The molecule has 0 saturated heterocycles. The van der Waals surface area contributed by atoms with Crippen LogP contribution in [0.15, 0.2) is 41.2 Å². The standard InChI is InChI=1S/C13H9N3O3/c14-13(18)11-10(12(17)7-5-15-19-6-7)8-3-1-2-4-9(8)16-11/h1-6,16H,(H2,14,18). The Hall–Kier alpha value is -2.89. The van der Waals surface area contributed by atoms with Crippen LogP contribution in [0.1, 0.15) is 26.4 Å². The lowest BCUT2D eigenvalue weighted by molar-refractivity contribution is 0.0978. The molecule has 6 nitrogen and oxygen atoms in total. The predicted molar refractivity (Wildman–Crippen MR) is 66.8 cm³/mol. The third-order valence-corrected chi connectivity index (χ3v) is 2.87. The summed E-state index contributed by atoms with van der Waals surface area (Å²) in [5, 5.41) is 4.13. The van der Waals surface area contributed by atoms with Gasteiger partial charge in [-0.25, -0.2) is 0 Å². The van der Waals surface area contributed by atoms with Gasteiger partial charge >= 0.3 is 0 Å². The van der Waals surface area contributed by atoms with E-state index in [9.17, 15) is 9.59 Å². The van der Waals surface area contributed by atoms with Crippen LogP contribution in [-0.2, 0) is 0 Å². The monoisotopic (exact) mass is 255 g/mol. The lowest BCUT2D eigenvalue weighted by Crippen LogP contribution is -2.16. The van der Waals surface area contributed by atoms with Crippen LogP contribution in [-0.4, -0.2) is 21.8 Å². The van der Waals surface area contributed by atoms with E-state index in [-0.39, 0.29) is 22.6 Å². The molecule has 19 heavy (non-hydrogen) atoms. The molecule has 3 aromatic rings. The number of aromatic nitrogens is 2. The largest absolute Gasteiger partial charge is 0.364 e. The molecular weight excluding hydrogens is 246 g/mol. The highest BCUT2D eigenvalue weighted by Gasteiger charge is 2.23. The lowest BCUT2D eigenvalue weighted by Gasteiger charge is -1.98. The Kier molecular flexibility index (Phi) is 2.42. The molecule has 1 amide bonds. The van der Waals surface area contributed by atoms with Gasteiger partial charge in [0.25, 0.3) is 5.91 Å². The molecule has 1 aromatic carbocycles. The van der Waals surface area contributed by atoms with Crippen molar-refractivity contribution in [2.75, 3.05) is 0 Å². The first-order valence-electron chi connectivity index (χ1n) is 5.53. The number of H-pyrrole nitrogens is 1. The number of carbonyl (C=O) groups excluding carboxylic acids is 2. The molecule has 6 heteroatoms. The molecule has 0 atom stereocenters. The number of rotatable bonds is 3. The number of para-hydroxylation sites is 1. The smallest absolute Gasteiger partial charge is 0.265 e. The molecule has 0 saturated carbocycles. The van der Waals surface area contributed by atoms with E-state index in [0.29, 0.717) is 10.9 Å². The van der Waals surface area contributed by atoms with Crippen LogP contribution in [0.5, 0.6) is 0 Å². The van der Waals surface area contributed by atoms with E-state index in [1.165, 1.54) is 12.5 Å². The van der Waals surface area contributed by atoms with Crippen molar-refractivity contribution in [2.45, 2.75) is 0 Å². The zero-order valence-corrected chi connectivity index (χ0v) is 9.71. The number of fused-ring (bicyclic) bond motifs is 1. The van der Waals surface area contributed by atoms with Crippen LogP contribution < -0.4 is 5.73 Å². The van der Waals surface area contributed by atoms with E-state index >= 15 is 0 Å². The Bertz CT molecular complexity index is 772. The van der Waals surface area contributed by atoms with Crippen molar-refractivity contribution in [3.05, 3.63) is 53.5 Å². The van der Waals surface area contributed by atoms with Gasteiger partial charge in [0, 0.05) is 10.9 Å². The summed E-state index contributed by atoms with van der Waals surface area (Å²) in [6, 6.07) is 7.10. The molecule has 0 aliphatic carbocycles. The van der Waals surface area contributed by atoms with Crippen LogP contribution >= 0.6 is 0 Å². The molecule has 3 rings (SSSR count). The molecular formula is C13H9N3O3. The summed E-state index contributed by atoms with van der Waals surface area (Å²) < 4.78 is 4.65. The summed E-state index contributed by atoms with van der Waals surface area (Å²) in [7, 11) is 0. The highest BCUT2D eigenvalue weighted by atomic mass is 16.5. The molecule has 0 fully saturated rings. The lowest BCUT2D eigenvalue weighted by atomic mass is 10.0. The summed E-state index contributed by atoms with van der Waals surface area (Å²) in [5.74, 6) is -1.04. The summed E-state index contributed by atoms with van der Waals surface area (Å²) in [5.41, 5.74) is 6.59. The Balaban J connectivity index is 2.29. The zero-order chi connectivity index (χ0) is 13.4. The fourth-order valence-electron chi connectivity index (χ4n) is 2.02. The van der Waals surface area contributed by atoms with Gasteiger partial charge in [0.05, 0.1) is 17.3 Å². The van der Waals surface area contributed by atoms with Gasteiger partial charge in [-0.3, -0.25) is 9.59 Å². The van der Waals surface area contributed by atoms with Crippen molar-refractivity contribution in [1.29, 1.82) is 0 Å². The second-order valence-electron chi connectivity index (χ2n) is 4.03. The van der Waals surface area contributed by atoms with E-state index in [1.54, 1.807) is 24.3 Å². The molecule has 94 valence electrons. The SMILES string of the molecule is NC(=O)c1[nH]c2ccccc2c1C(=O)c1cnoc1. The van der Waals surface area contributed by atoms with Crippen LogP contribution in [0.4, 0.5) is 0 Å². The van der Waals surface area contributed by atoms with Crippen LogP contribution in [0.3, 0.4) is 0 Å². The van der Waals surface area contributed by atoms with Gasteiger partial charge in [-0.1, -0.05) is 23.4 Å². The maximum absolute atomic E-state index is 12.4. The van der Waals surface area contributed by atoms with Crippen molar-refractivity contribution in [1.82, 2.24) is 10.1 Å². The number of carbonyl (C=O) groups is 2. The van der Waals surface area contributed by atoms with Crippen molar-refractivity contribution >= 4 is 22.6 Å². The second-order valence-corrected chi connectivity index (χ2v) is 4.03. The second kappa shape index (κ2) is 4.09. The van der Waals surface area contributed by atoms with Crippen molar-refractivity contribution < 1.29 is 14.1 Å². The van der Waals surface area contributed by atoms with Gasteiger partial charge < -0.3 is 15.2 Å². The molecule has 0 radical (unpaired) electrons. The van der Waals surface area contributed by atoms with E-state index in [2.05, 4.69) is 14.7 Å². The molecule has 0 aliphatic rings. The summed E-state index contributed by atoms with van der Waals surface area (Å²) in [4.78, 5) is 26.7. The average Bonchev–Trinajstić information content (AvgIpc) is 3.05. The Morgan fingerprint density at radius 3 is 2.74 bits per heavy atom. The molecule has 3 N–H and O–H groups in total. The van der Waals surface area contributed by atoms with Gasteiger partial charge in [0.1, 0.15) is 12.0 Å². The van der Waals surface area contributed by atoms with Gasteiger partial charge in [0.2, 0.25) is 5.78 Å². The zero-order valence-electron chi connectivity index (χ0n) is 9.71. The Morgan fingerprint density at radius 2 is 2.05 bits per heavy atom. The topological polar surface area (TPSA) is 102 Å². The summed E-state index contributed by atoms with van der Waals surface area (Å²) >= 11 is 0. The van der Waals surface area contributed by atoms with Gasteiger partial charge in [-0.15, -0.1) is 0 Å². The summed E-state index contributed by atoms with van der Waals surface area (Å²) in [6.07, 6.45) is 2.53. The first kappa shape index (κ1) is 11.2. The maximum atomic E-state index is 12.4. The van der Waals surface area contributed by atoms with Crippen molar-refractivity contribution in [3.63, 3.8) is 0 Å². The van der Waals surface area contributed by atoms with E-state index in [4.69, 9.17) is 5.73 Å². The average molecular weight is 255 g/mol. The normalized spacial score (nSPS) is 10.7. The molecule has 0 aliphatic heterocycles. The van der Waals surface area contributed by atoms with Crippen LogP contribution in [0.25, 0.3) is 10.9 Å². The number of nitrogens with one attached hydrogen (secondary N) is 1. The van der Waals surface area contributed by atoms with Crippen molar-refractivity contribution in [3.8, 4) is 0 Å². The number of nitrogens with two attached hydrogens (primary N) is 1. The van der Waals surface area contributed by atoms with Gasteiger partial charge in [0.15, 0.2) is 0 Å². The first-order valence-corrected chi connectivity index (χ1v) is 5.53. The number of ketones is 1. The number of aromatic amines is 1. The van der Waals surface area contributed by atoms with Crippen LogP contribution in [0, 0.1) is 0 Å². The quantitative estimate of drug-likeness (QED) is 0.692. The maximum Gasteiger partial charge on any atom is 0.265 e. The Morgan fingerprint density at radius 1 is 1.26 bits per heavy atom. The molecule has 0 bridgehead atoms. The highest BCUT2D eigenvalue weighted by molar-refractivity contribution is 6.21. The number of hydrogen-bond acceptors (Lipinski definition) is 4. The number of benzene rings is 1. The highest BCUT2D eigenvalue weighted by Crippen LogP contribution is 2.24. The third kappa shape index (κ3) is 1.70. The number of nitrogens with zero attached hydrogens (tertiary/aromatic N) is 1. The Labute approximate surface area is 107 Å². The van der Waals surface area contributed by atoms with Gasteiger partial charge in [-0.2, -0.15) is 0 Å². The fourth-order valence-corrected chi connectivity index (χ4v) is 2.02. The number of hydrogen-bond donors (Lipinski definition) is 2. The van der Waals surface area contributed by atoms with Crippen LogP contribution in [0.2, 0.25) is 0 Å². The minimum atomic E-state index is -0.684. The number of amides is 1. The fraction of sp³-hybridized carbons (Fsp3) is 0. The molecule has 2 heterocycles. The molecule has 2 aromatic heterocycles. The number of primary amides is 1. The van der Waals surface area contributed by atoms with E-state index in [0.717, 1.165) is 0 Å². The van der Waals surface area contributed by atoms with E-state index < -0.39 is 5.91 Å². The van der Waals surface area contributed by atoms with E-state index in [1.807, 2.05) is 0 Å². The minimum absolute atomic E-state index is 0.0902. The summed E-state index contributed by atoms with van der Waals surface area (Å²) in [6.45, 7) is 0. The molecule has 0 unspecified atom stereocenters. The van der Waals surface area contributed by atoms with Gasteiger partial charge in [-0.05, 0) is 6.07 Å². The first-order chi connectivity index (χ1) is 9.18.